The largest absolute Gasteiger partial charge is 0.460 e. The first-order valence-corrected chi connectivity index (χ1v) is 26.4. The van der Waals surface area contributed by atoms with Crippen LogP contribution in [0.25, 0.3) is 0 Å². The van der Waals surface area contributed by atoms with Crippen LogP contribution < -0.4 is 0 Å². The van der Waals surface area contributed by atoms with Gasteiger partial charge in [0.1, 0.15) is 41.7 Å². The SMILES string of the molecule is CO[C@H]1C[C@@H]2CCC(C)[C@@](O)(O2)C(=O)C(=O)N2CCCCC2C(=O)O[C@H]([C@H](C)C[C@@H]2CC[C@@H](OC(=O)C(C)(CO)CO)[C@H](OC)C2)CC(=O)C(C)/C=C(\C)[C@@H](O)[C@@H](OC)C(=O)[C@H](C)C[C@H](C)/C=C/C=CC=C1C. The zero-order valence-electron chi connectivity index (χ0n) is 45.3. The molecule has 3 heterocycles. The third-order valence-corrected chi connectivity index (χ3v) is 15.9. The van der Waals surface area contributed by atoms with Crippen LogP contribution in [0.3, 0.4) is 0 Å². The molecular formula is C56H87NO16. The van der Waals surface area contributed by atoms with Crippen LogP contribution >= 0.6 is 0 Å². The fourth-order valence-corrected chi connectivity index (χ4v) is 10.7. The molecule has 3 aliphatic heterocycles. The number of hydrogen-bond acceptors (Lipinski definition) is 16. The lowest BCUT2D eigenvalue weighted by atomic mass is 9.78. The van der Waals surface area contributed by atoms with E-state index >= 15 is 0 Å². The molecule has 2 saturated heterocycles. The van der Waals surface area contributed by atoms with E-state index in [1.807, 2.05) is 51.2 Å². The van der Waals surface area contributed by atoms with Crippen LogP contribution in [0.4, 0.5) is 0 Å². The predicted octanol–water partition coefficient (Wildman–Crippen LogP) is 5.72. The molecule has 0 aromatic rings. The van der Waals surface area contributed by atoms with E-state index in [0.717, 1.165) is 10.5 Å². The van der Waals surface area contributed by atoms with Crippen molar-refractivity contribution in [1.82, 2.24) is 4.90 Å². The highest BCUT2D eigenvalue weighted by Crippen LogP contribution is 2.38. The fourth-order valence-electron chi connectivity index (χ4n) is 10.7. The van der Waals surface area contributed by atoms with Gasteiger partial charge in [-0.25, -0.2) is 4.79 Å². The molecule has 3 unspecified atom stereocenters. The molecule has 17 heteroatoms. The number of ketones is 3. The standard InChI is InChI=1S/C56H87NO16/c1-33-17-13-12-14-18-34(2)45(68-9)29-41-22-20-39(7)56(67,73-41)51(63)52(64)57-24-16-15-19-42(57)53(65)71-46(30-43(60)35(3)26-38(6)49(62)50(70-11)48(61)37(5)25-33)36(4)27-40-21-23-44(47(28-40)69-10)72-54(66)55(8,31-58)32-59/h12-14,17-18,26,33,35-37,39-42,44-47,49-50,58-59,62,67H,15-16,19-25,27-32H2,1-11H3/b14-12?,17-13+,34-18?,38-26+/t33-,35?,36-,37-,39?,40+,41+,42?,44-,45+,46+,47-,49-,50+,56-/m1/s1. The van der Waals surface area contributed by atoms with E-state index in [1.165, 1.54) is 21.1 Å². The van der Waals surface area contributed by atoms with Crippen LogP contribution in [-0.2, 0) is 57.2 Å². The van der Waals surface area contributed by atoms with Crippen molar-refractivity contribution in [1.29, 1.82) is 0 Å². The lowest BCUT2D eigenvalue weighted by Crippen LogP contribution is -2.61. The predicted molar refractivity (Wildman–Crippen MR) is 271 cm³/mol. The van der Waals surface area contributed by atoms with E-state index in [2.05, 4.69) is 0 Å². The third kappa shape index (κ3) is 16.0. The first-order chi connectivity index (χ1) is 34.5. The lowest BCUT2D eigenvalue weighted by molar-refractivity contribution is -0.265. The Bertz CT molecular complexity index is 2010. The van der Waals surface area contributed by atoms with Crippen molar-refractivity contribution in [3.05, 3.63) is 47.6 Å². The van der Waals surface area contributed by atoms with E-state index < -0.39 is 120 Å². The van der Waals surface area contributed by atoms with Crippen molar-refractivity contribution < 1.29 is 77.6 Å². The van der Waals surface area contributed by atoms with E-state index in [1.54, 1.807) is 40.9 Å². The molecule has 4 N–H and O–H groups in total. The van der Waals surface area contributed by atoms with Crippen molar-refractivity contribution in [3.63, 3.8) is 0 Å². The summed E-state index contributed by atoms with van der Waals surface area (Å²) in [4.78, 5) is 85.4. The monoisotopic (exact) mass is 1030 g/mol. The number of fused-ring (bicyclic) bond motifs is 3. The van der Waals surface area contributed by atoms with Gasteiger partial charge in [0.15, 0.2) is 5.78 Å². The number of piperidine rings is 1. The highest BCUT2D eigenvalue weighted by atomic mass is 16.6. The zero-order chi connectivity index (χ0) is 54.4. The minimum absolute atomic E-state index is 0.00697. The molecule has 4 aliphatic rings. The second-order valence-corrected chi connectivity index (χ2v) is 21.8. The normalized spacial score (nSPS) is 36.3. The third-order valence-electron chi connectivity index (χ3n) is 15.9. The van der Waals surface area contributed by atoms with Gasteiger partial charge < -0.3 is 53.7 Å². The highest BCUT2D eigenvalue weighted by Gasteiger charge is 2.53. The van der Waals surface area contributed by atoms with Crippen LogP contribution in [-0.4, -0.2) is 156 Å². The molecule has 1 saturated carbocycles. The van der Waals surface area contributed by atoms with Crippen molar-refractivity contribution >= 4 is 35.2 Å². The van der Waals surface area contributed by atoms with Gasteiger partial charge in [-0.2, -0.15) is 0 Å². The molecular weight excluding hydrogens is 943 g/mol. The number of rotatable bonds is 10. The molecule has 0 aromatic heterocycles. The van der Waals surface area contributed by atoms with Crippen LogP contribution in [0, 0.1) is 40.9 Å². The minimum atomic E-state index is -2.47. The van der Waals surface area contributed by atoms with Gasteiger partial charge in [-0.3, -0.25) is 24.0 Å². The summed E-state index contributed by atoms with van der Waals surface area (Å²) in [6.45, 7) is 12.7. The summed E-state index contributed by atoms with van der Waals surface area (Å²) in [5, 5.41) is 43.1. The van der Waals surface area contributed by atoms with Crippen molar-refractivity contribution in [2.24, 2.45) is 40.9 Å². The summed E-state index contributed by atoms with van der Waals surface area (Å²) in [6.07, 6.45) is 9.76. The summed E-state index contributed by atoms with van der Waals surface area (Å²) >= 11 is 0. The second-order valence-electron chi connectivity index (χ2n) is 21.8. The van der Waals surface area contributed by atoms with Crippen LogP contribution in [0.15, 0.2) is 47.6 Å². The maximum atomic E-state index is 14.5. The lowest BCUT2D eigenvalue weighted by Gasteiger charge is -2.42. The number of nitrogens with zero attached hydrogens (tertiary/aromatic N) is 1. The smallest absolute Gasteiger partial charge is 0.329 e. The number of aliphatic hydroxyl groups is 4. The Hall–Kier alpha value is -3.94. The summed E-state index contributed by atoms with van der Waals surface area (Å²) in [5.74, 6) is -9.36. The van der Waals surface area contributed by atoms with Gasteiger partial charge in [0, 0.05) is 58.5 Å². The first-order valence-electron chi connectivity index (χ1n) is 26.4. The van der Waals surface area contributed by atoms with Crippen LogP contribution in [0.5, 0.6) is 0 Å². The topological polar surface area (TPSA) is 242 Å². The zero-order valence-corrected chi connectivity index (χ0v) is 45.3. The highest BCUT2D eigenvalue weighted by molar-refractivity contribution is 6.39. The van der Waals surface area contributed by atoms with Gasteiger partial charge in [0.2, 0.25) is 5.79 Å². The summed E-state index contributed by atoms with van der Waals surface area (Å²) in [5.41, 5.74) is -0.277. The molecule has 15 atom stereocenters. The van der Waals surface area contributed by atoms with Gasteiger partial charge in [0.05, 0.1) is 31.5 Å². The number of esters is 2. The Labute approximate surface area is 433 Å². The maximum absolute atomic E-state index is 14.5. The van der Waals surface area contributed by atoms with Crippen LogP contribution in [0.2, 0.25) is 0 Å². The molecule has 73 heavy (non-hydrogen) atoms. The maximum Gasteiger partial charge on any atom is 0.329 e. The number of amides is 1. The molecule has 1 amide bonds. The second kappa shape index (κ2) is 28.3. The summed E-state index contributed by atoms with van der Waals surface area (Å²) in [7, 11) is 4.43. The molecule has 4 rings (SSSR count). The Morgan fingerprint density at radius 3 is 2.21 bits per heavy atom. The molecule has 0 aromatic carbocycles. The molecule has 0 spiro atoms. The number of aliphatic hydroxyl groups excluding tert-OH is 3. The number of carbonyl (C=O) groups is 6. The van der Waals surface area contributed by atoms with E-state index in [4.69, 9.17) is 28.4 Å². The molecule has 2 bridgehead atoms. The fraction of sp³-hybridized carbons (Fsp3) is 0.750. The molecule has 1 aliphatic carbocycles. The van der Waals surface area contributed by atoms with Crippen molar-refractivity contribution in [2.75, 3.05) is 41.1 Å². The van der Waals surface area contributed by atoms with Crippen LogP contribution in [0.1, 0.15) is 132 Å². The summed E-state index contributed by atoms with van der Waals surface area (Å²) in [6, 6.07) is -1.20. The Morgan fingerprint density at radius 2 is 1.56 bits per heavy atom. The number of carbonyl (C=O) groups excluding carboxylic acids is 6. The van der Waals surface area contributed by atoms with Gasteiger partial charge in [-0.05, 0) is 114 Å². The molecule has 412 valence electrons. The molecule has 17 nitrogen and oxygen atoms in total. The molecule has 3 fully saturated rings. The first kappa shape index (κ1) is 61.6. The minimum Gasteiger partial charge on any atom is -0.460 e. The van der Waals surface area contributed by atoms with Gasteiger partial charge >= 0.3 is 11.9 Å². The number of methoxy groups -OCH3 is 3. The Morgan fingerprint density at radius 1 is 0.863 bits per heavy atom. The number of cyclic esters (lactones) is 1. The Kier molecular flexibility index (Phi) is 23.9. The summed E-state index contributed by atoms with van der Waals surface area (Å²) < 4.78 is 35.4. The van der Waals surface area contributed by atoms with E-state index in [0.29, 0.717) is 69.8 Å². The van der Waals surface area contributed by atoms with Crippen molar-refractivity contribution in [3.8, 4) is 0 Å². The Balaban J connectivity index is 1.69. The number of ether oxygens (including phenoxy) is 6. The molecule has 0 radical (unpaired) electrons. The van der Waals surface area contributed by atoms with E-state index in [9.17, 15) is 49.2 Å². The average molecular weight is 1030 g/mol. The van der Waals surface area contributed by atoms with Gasteiger partial charge in [0.25, 0.3) is 11.7 Å². The van der Waals surface area contributed by atoms with Gasteiger partial charge in [-0.1, -0.05) is 71.1 Å². The van der Waals surface area contributed by atoms with Gasteiger partial charge in [-0.15, -0.1) is 0 Å². The van der Waals surface area contributed by atoms with Crippen molar-refractivity contribution in [2.45, 2.75) is 187 Å². The number of allylic oxidation sites excluding steroid dienone is 6. The average Bonchev–Trinajstić information content (AvgIpc) is 3.37. The number of hydrogen-bond donors (Lipinski definition) is 4. The van der Waals surface area contributed by atoms with E-state index in [-0.39, 0.29) is 42.8 Å². The number of Topliss-reactive ketones (excluding diaryl/α,β-unsaturated/α-hetero) is 3. The quantitative estimate of drug-likeness (QED) is 0.116.